The summed E-state index contributed by atoms with van der Waals surface area (Å²) < 4.78 is 6.38. The molecular weight excluding hydrogens is 410 g/mol. The number of aliphatic hydroxyl groups is 1. The Morgan fingerprint density at radius 3 is 2.53 bits per heavy atom. The molecule has 0 radical (unpaired) electrons. The molecule has 1 aromatic carbocycles. The van der Waals surface area contributed by atoms with Crippen molar-refractivity contribution in [3.8, 4) is 0 Å². The lowest BCUT2D eigenvalue weighted by atomic mass is 9.70. The average molecular weight is 444 g/mol. The minimum Gasteiger partial charge on any atom is -0.394 e. The van der Waals surface area contributed by atoms with Gasteiger partial charge in [-0.3, -0.25) is 14.4 Å². The van der Waals surface area contributed by atoms with Gasteiger partial charge in [-0.15, -0.1) is 0 Å². The Balaban J connectivity index is 1.71. The molecule has 0 saturated carbocycles. The average Bonchev–Trinajstić information content (AvgIpc) is 3.36. The van der Waals surface area contributed by atoms with Gasteiger partial charge < -0.3 is 25.4 Å². The molecule has 8 heteroatoms. The van der Waals surface area contributed by atoms with Crippen molar-refractivity contribution in [3.63, 3.8) is 0 Å². The van der Waals surface area contributed by atoms with E-state index in [1.807, 2.05) is 45.9 Å². The summed E-state index contributed by atoms with van der Waals surface area (Å²) in [7, 11) is 0. The maximum absolute atomic E-state index is 13.8. The minimum absolute atomic E-state index is 0.255. The summed E-state index contributed by atoms with van der Waals surface area (Å²) in [6.07, 6.45) is 1.23. The number of aliphatic hydroxyl groups excluding tert-OH is 1. The second-order valence-electron chi connectivity index (χ2n) is 10.1. The summed E-state index contributed by atoms with van der Waals surface area (Å²) in [6, 6.07) is 7.72. The Kier molecular flexibility index (Phi) is 5.79. The highest BCUT2D eigenvalue weighted by Gasteiger charge is 2.75. The van der Waals surface area contributed by atoms with Gasteiger partial charge in [0.05, 0.1) is 30.6 Å². The number of nitrogens with zero attached hydrogens (tertiary/aromatic N) is 1. The number of ether oxygens (including phenoxy) is 1. The molecule has 2 bridgehead atoms. The van der Waals surface area contributed by atoms with Gasteiger partial charge in [-0.1, -0.05) is 25.1 Å². The fourth-order valence-corrected chi connectivity index (χ4v) is 5.68. The SMILES string of the molecule is CC[C@@H](CO)N1C(=O)[C@@H]2[C@@H](C(=O)Nc3ccccc3)[C@H]3CCC2(O3)C1C(=O)NC(C)(C)C. The number of benzene rings is 1. The molecule has 1 aromatic rings. The third kappa shape index (κ3) is 3.59. The molecule has 174 valence electrons. The highest BCUT2D eigenvalue weighted by Crippen LogP contribution is 2.59. The van der Waals surface area contributed by atoms with Gasteiger partial charge in [-0.2, -0.15) is 0 Å². The van der Waals surface area contributed by atoms with E-state index in [9.17, 15) is 19.5 Å². The predicted molar refractivity (Wildman–Crippen MR) is 119 cm³/mol. The number of anilines is 1. The van der Waals surface area contributed by atoms with E-state index >= 15 is 0 Å². The van der Waals surface area contributed by atoms with Gasteiger partial charge in [0.25, 0.3) is 0 Å². The largest absolute Gasteiger partial charge is 0.394 e. The van der Waals surface area contributed by atoms with Crippen LogP contribution >= 0.6 is 0 Å². The highest BCUT2D eigenvalue weighted by atomic mass is 16.5. The van der Waals surface area contributed by atoms with Crippen molar-refractivity contribution in [1.82, 2.24) is 10.2 Å². The van der Waals surface area contributed by atoms with Crippen LogP contribution in [0, 0.1) is 11.8 Å². The van der Waals surface area contributed by atoms with Gasteiger partial charge in [0.15, 0.2) is 0 Å². The summed E-state index contributed by atoms with van der Waals surface area (Å²) in [5.41, 5.74) is -0.902. The molecule has 0 aromatic heterocycles. The molecule has 3 N–H and O–H groups in total. The Bertz CT molecular complexity index is 895. The summed E-state index contributed by atoms with van der Waals surface area (Å²) in [5, 5.41) is 15.9. The van der Waals surface area contributed by atoms with E-state index in [1.54, 1.807) is 12.1 Å². The van der Waals surface area contributed by atoms with Crippen LogP contribution in [-0.2, 0) is 19.1 Å². The molecule has 4 rings (SSSR count). The van der Waals surface area contributed by atoms with Gasteiger partial charge >= 0.3 is 0 Å². The van der Waals surface area contributed by atoms with Crippen molar-refractivity contribution < 1.29 is 24.2 Å². The first kappa shape index (κ1) is 22.7. The number of fused-ring (bicyclic) bond motifs is 1. The molecule has 3 heterocycles. The molecule has 3 aliphatic rings. The maximum atomic E-state index is 13.8. The predicted octanol–water partition coefficient (Wildman–Crippen LogP) is 1.69. The van der Waals surface area contributed by atoms with Gasteiger partial charge in [0, 0.05) is 11.2 Å². The lowest BCUT2D eigenvalue weighted by molar-refractivity contribution is -0.145. The van der Waals surface area contributed by atoms with Crippen molar-refractivity contribution in [2.24, 2.45) is 11.8 Å². The zero-order valence-electron chi connectivity index (χ0n) is 19.1. The van der Waals surface area contributed by atoms with Gasteiger partial charge in [0.1, 0.15) is 11.6 Å². The number of carbonyl (C=O) groups is 3. The number of likely N-dealkylation sites (tertiary alicyclic amines) is 1. The Morgan fingerprint density at radius 1 is 1.25 bits per heavy atom. The van der Waals surface area contributed by atoms with E-state index in [2.05, 4.69) is 10.6 Å². The number of para-hydroxylation sites is 1. The number of amides is 3. The topological polar surface area (TPSA) is 108 Å². The van der Waals surface area contributed by atoms with Crippen molar-refractivity contribution in [2.75, 3.05) is 11.9 Å². The molecule has 6 atom stereocenters. The lowest BCUT2D eigenvalue weighted by Crippen LogP contribution is -2.60. The van der Waals surface area contributed by atoms with Crippen molar-refractivity contribution >= 4 is 23.4 Å². The number of rotatable bonds is 6. The second kappa shape index (κ2) is 8.15. The summed E-state index contributed by atoms with van der Waals surface area (Å²) in [6.45, 7) is 7.26. The Morgan fingerprint density at radius 2 is 1.94 bits per heavy atom. The first-order valence-corrected chi connectivity index (χ1v) is 11.4. The van der Waals surface area contributed by atoms with E-state index < -0.39 is 41.2 Å². The van der Waals surface area contributed by atoms with Crippen LogP contribution in [0.4, 0.5) is 5.69 Å². The smallest absolute Gasteiger partial charge is 0.246 e. The van der Waals surface area contributed by atoms with Crippen molar-refractivity contribution in [1.29, 1.82) is 0 Å². The molecule has 8 nitrogen and oxygen atoms in total. The number of carbonyl (C=O) groups excluding carboxylic acids is 3. The zero-order valence-corrected chi connectivity index (χ0v) is 19.1. The van der Waals surface area contributed by atoms with E-state index in [1.165, 1.54) is 4.90 Å². The summed E-state index contributed by atoms with van der Waals surface area (Å²) in [5.74, 6) is -2.28. The molecule has 3 amide bonds. The number of hydrogen-bond acceptors (Lipinski definition) is 5. The van der Waals surface area contributed by atoms with Gasteiger partial charge in [0.2, 0.25) is 17.7 Å². The highest BCUT2D eigenvalue weighted by molar-refractivity contribution is 6.02. The molecule has 3 fully saturated rings. The van der Waals surface area contributed by atoms with Gasteiger partial charge in [-0.25, -0.2) is 0 Å². The van der Waals surface area contributed by atoms with Crippen LogP contribution in [0.2, 0.25) is 0 Å². The van der Waals surface area contributed by atoms with Crippen LogP contribution in [0.5, 0.6) is 0 Å². The maximum Gasteiger partial charge on any atom is 0.246 e. The van der Waals surface area contributed by atoms with E-state index in [0.29, 0.717) is 24.9 Å². The molecule has 3 saturated heterocycles. The molecule has 1 spiro atoms. The minimum atomic E-state index is -1.06. The first-order valence-electron chi connectivity index (χ1n) is 11.4. The van der Waals surface area contributed by atoms with Crippen LogP contribution in [0.15, 0.2) is 30.3 Å². The van der Waals surface area contributed by atoms with Crippen LogP contribution < -0.4 is 10.6 Å². The zero-order chi connectivity index (χ0) is 23.3. The van der Waals surface area contributed by atoms with E-state index in [4.69, 9.17) is 4.74 Å². The monoisotopic (exact) mass is 443 g/mol. The van der Waals surface area contributed by atoms with Crippen LogP contribution in [0.25, 0.3) is 0 Å². The standard InChI is InChI=1S/C24H33N3O5/c1-5-15(13-28)27-19(21(30)26-23(2,3)4)24-12-11-16(32-24)17(18(24)22(27)31)20(29)25-14-9-7-6-8-10-14/h6-10,15-19,28H,5,11-13H2,1-4H3,(H,25,29)(H,26,30)/t15-,16+,17-,18-,19?,24?/m0/s1. The van der Waals surface area contributed by atoms with E-state index in [-0.39, 0.29) is 24.3 Å². The third-order valence-corrected chi connectivity index (χ3v) is 6.90. The van der Waals surface area contributed by atoms with E-state index in [0.717, 1.165) is 0 Å². The Labute approximate surface area is 188 Å². The second-order valence-corrected chi connectivity index (χ2v) is 10.1. The van der Waals surface area contributed by atoms with Crippen molar-refractivity contribution in [2.45, 2.75) is 76.3 Å². The normalized spacial score (nSPS) is 32.0. The molecule has 32 heavy (non-hydrogen) atoms. The fraction of sp³-hybridized carbons (Fsp3) is 0.625. The number of hydrogen-bond donors (Lipinski definition) is 3. The molecule has 2 unspecified atom stereocenters. The van der Waals surface area contributed by atoms with Crippen molar-refractivity contribution in [3.05, 3.63) is 30.3 Å². The first-order chi connectivity index (χ1) is 15.1. The van der Waals surface area contributed by atoms with Crippen LogP contribution in [-0.4, -0.2) is 63.7 Å². The quantitative estimate of drug-likeness (QED) is 0.620. The fourth-order valence-electron chi connectivity index (χ4n) is 5.68. The third-order valence-electron chi connectivity index (χ3n) is 6.90. The lowest BCUT2D eigenvalue weighted by Gasteiger charge is -2.38. The number of nitrogens with one attached hydrogen (secondary N) is 2. The van der Waals surface area contributed by atoms with Gasteiger partial charge in [-0.05, 0) is 52.2 Å². The van der Waals surface area contributed by atoms with Crippen LogP contribution in [0.1, 0.15) is 47.0 Å². The van der Waals surface area contributed by atoms with Crippen LogP contribution in [0.3, 0.4) is 0 Å². The molecular formula is C24H33N3O5. The molecule has 0 aliphatic carbocycles. The summed E-state index contributed by atoms with van der Waals surface area (Å²) >= 11 is 0. The summed E-state index contributed by atoms with van der Waals surface area (Å²) in [4.78, 5) is 42.0. The Hall–Kier alpha value is -2.45. The molecule has 3 aliphatic heterocycles.